The molecule has 128 valence electrons. The van der Waals surface area contributed by atoms with Crippen molar-refractivity contribution >= 4 is 40.8 Å². The van der Waals surface area contributed by atoms with Crippen molar-refractivity contribution in [1.82, 2.24) is 4.90 Å². The van der Waals surface area contributed by atoms with Gasteiger partial charge in [0.05, 0.1) is 11.1 Å². The fourth-order valence-electron chi connectivity index (χ4n) is 2.63. The quantitative estimate of drug-likeness (QED) is 0.815. The molecule has 0 radical (unpaired) electrons. The standard InChI is InChI=1S/C18H16ClN3O3/c1-10(2)22-16(23)14-8-7-13(9-15(14)17(22)24)21-18(25)20-12-5-3-11(19)4-6-12/h3-10H,1-2H3,(H2,20,21,25). The van der Waals surface area contributed by atoms with Crippen LogP contribution in [0.25, 0.3) is 0 Å². The van der Waals surface area contributed by atoms with Crippen LogP contribution in [0, 0.1) is 0 Å². The van der Waals surface area contributed by atoms with Gasteiger partial charge in [-0.3, -0.25) is 14.5 Å². The fraction of sp³-hybridized carbons (Fsp3) is 0.167. The minimum absolute atomic E-state index is 0.225. The Hall–Kier alpha value is -2.86. The number of nitrogens with zero attached hydrogens (tertiary/aromatic N) is 1. The maximum absolute atomic E-state index is 12.4. The molecule has 2 aromatic rings. The van der Waals surface area contributed by atoms with Crippen molar-refractivity contribution in [3.05, 3.63) is 58.6 Å². The van der Waals surface area contributed by atoms with Gasteiger partial charge in [0, 0.05) is 22.4 Å². The van der Waals surface area contributed by atoms with E-state index in [1.54, 1.807) is 50.2 Å². The zero-order valence-electron chi connectivity index (χ0n) is 13.7. The van der Waals surface area contributed by atoms with Gasteiger partial charge in [0.15, 0.2) is 0 Å². The van der Waals surface area contributed by atoms with Gasteiger partial charge < -0.3 is 10.6 Å². The molecule has 2 aromatic carbocycles. The van der Waals surface area contributed by atoms with Gasteiger partial charge in [-0.15, -0.1) is 0 Å². The first kappa shape index (κ1) is 17.0. The molecule has 1 aliphatic rings. The van der Waals surface area contributed by atoms with E-state index in [1.165, 1.54) is 11.0 Å². The number of halogens is 1. The molecule has 6 nitrogen and oxygen atoms in total. The van der Waals surface area contributed by atoms with Gasteiger partial charge in [0.2, 0.25) is 0 Å². The molecule has 0 atom stereocenters. The lowest BCUT2D eigenvalue weighted by molar-refractivity contribution is 0.0609. The topological polar surface area (TPSA) is 78.5 Å². The highest BCUT2D eigenvalue weighted by Gasteiger charge is 2.37. The molecule has 0 unspecified atom stereocenters. The molecule has 0 aliphatic carbocycles. The van der Waals surface area contributed by atoms with Crippen LogP contribution in [0.2, 0.25) is 5.02 Å². The largest absolute Gasteiger partial charge is 0.323 e. The lowest BCUT2D eigenvalue weighted by Gasteiger charge is -2.17. The van der Waals surface area contributed by atoms with Gasteiger partial charge in [0.1, 0.15) is 0 Å². The van der Waals surface area contributed by atoms with E-state index in [2.05, 4.69) is 10.6 Å². The van der Waals surface area contributed by atoms with Gasteiger partial charge >= 0.3 is 6.03 Å². The van der Waals surface area contributed by atoms with E-state index in [1.807, 2.05) is 0 Å². The van der Waals surface area contributed by atoms with Crippen molar-refractivity contribution in [2.45, 2.75) is 19.9 Å². The Morgan fingerprint density at radius 1 is 0.920 bits per heavy atom. The minimum atomic E-state index is -0.459. The lowest BCUT2D eigenvalue weighted by Crippen LogP contribution is -2.35. The number of carbonyl (C=O) groups excluding carboxylic acids is 3. The summed E-state index contributed by atoms with van der Waals surface area (Å²) in [5.41, 5.74) is 1.66. The number of amides is 4. The molecule has 25 heavy (non-hydrogen) atoms. The first-order valence-corrected chi connectivity index (χ1v) is 8.10. The Balaban J connectivity index is 1.75. The van der Waals surface area contributed by atoms with E-state index in [-0.39, 0.29) is 17.9 Å². The normalized spacial score (nSPS) is 13.2. The number of rotatable bonds is 3. The lowest BCUT2D eigenvalue weighted by atomic mass is 10.1. The summed E-state index contributed by atoms with van der Waals surface area (Å²) >= 11 is 5.80. The highest BCUT2D eigenvalue weighted by molar-refractivity contribution is 6.30. The third kappa shape index (κ3) is 3.34. The van der Waals surface area contributed by atoms with Crippen molar-refractivity contribution in [3.63, 3.8) is 0 Å². The summed E-state index contributed by atoms with van der Waals surface area (Å²) in [5, 5.41) is 5.88. The fourth-order valence-corrected chi connectivity index (χ4v) is 2.76. The molecule has 0 fully saturated rings. The van der Waals surface area contributed by atoms with E-state index >= 15 is 0 Å². The smallest absolute Gasteiger partial charge is 0.308 e. The SMILES string of the molecule is CC(C)N1C(=O)c2ccc(NC(=O)Nc3ccc(Cl)cc3)cc2C1=O. The minimum Gasteiger partial charge on any atom is -0.308 e. The number of anilines is 2. The van der Waals surface area contributed by atoms with E-state index in [0.29, 0.717) is 27.5 Å². The monoisotopic (exact) mass is 357 g/mol. The molecule has 4 amide bonds. The highest BCUT2D eigenvalue weighted by Crippen LogP contribution is 2.27. The van der Waals surface area contributed by atoms with Crippen molar-refractivity contribution in [3.8, 4) is 0 Å². The molecule has 0 saturated heterocycles. The summed E-state index contributed by atoms with van der Waals surface area (Å²) in [4.78, 5) is 37.9. The molecule has 1 heterocycles. The second-order valence-corrected chi connectivity index (χ2v) is 6.36. The van der Waals surface area contributed by atoms with Gasteiger partial charge in [-0.1, -0.05) is 11.6 Å². The van der Waals surface area contributed by atoms with Crippen LogP contribution in [0.3, 0.4) is 0 Å². The van der Waals surface area contributed by atoms with Crippen molar-refractivity contribution in [1.29, 1.82) is 0 Å². The third-order valence-electron chi connectivity index (χ3n) is 3.79. The van der Waals surface area contributed by atoms with Crippen molar-refractivity contribution < 1.29 is 14.4 Å². The summed E-state index contributed by atoms with van der Waals surface area (Å²) in [6.07, 6.45) is 0. The molecule has 0 spiro atoms. The van der Waals surface area contributed by atoms with Crippen molar-refractivity contribution in [2.75, 3.05) is 10.6 Å². The van der Waals surface area contributed by atoms with Gasteiger partial charge in [-0.05, 0) is 56.3 Å². The van der Waals surface area contributed by atoms with Crippen LogP contribution in [0.4, 0.5) is 16.2 Å². The Kier molecular flexibility index (Phi) is 4.46. The Labute approximate surface area is 149 Å². The molecular formula is C18H16ClN3O3. The number of benzene rings is 2. The van der Waals surface area contributed by atoms with E-state index in [9.17, 15) is 14.4 Å². The molecule has 3 rings (SSSR count). The van der Waals surface area contributed by atoms with Crippen LogP contribution in [-0.2, 0) is 0 Å². The van der Waals surface area contributed by atoms with Crippen molar-refractivity contribution in [2.24, 2.45) is 0 Å². The molecule has 7 heteroatoms. The average molecular weight is 358 g/mol. The molecule has 0 saturated carbocycles. The first-order valence-electron chi connectivity index (χ1n) is 7.72. The highest BCUT2D eigenvalue weighted by atomic mass is 35.5. The van der Waals surface area contributed by atoms with Gasteiger partial charge in [-0.25, -0.2) is 4.79 Å². The first-order chi connectivity index (χ1) is 11.9. The molecule has 0 bridgehead atoms. The van der Waals surface area contributed by atoms with Crippen LogP contribution in [0.5, 0.6) is 0 Å². The molecular weight excluding hydrogens is 342 g/mol. The number of carbonyl (C=O) groups is 3. The van der Waals surface area contributed by atoms with E-state index < -0.39 is 6.03 Å². The third-order valence-corrected chi connectivity index (χ3v) is 4.05. The average Bonchev–Trinajstić information content (AvgIpc) is 2.80. The predicted molar refractivity (Wildman–Crippen MR) is 96.2 cm³/mol. The van der Waals surface area contributed by atoms with Crippen LogP contribution >= 0.6 is 11.6 Å². The number of nitrogens with one attached hydrogen (secondary N) is 2. The number of imide groups is 1. The molecule has 1 aliphatic heterocycles. The van der Waals surface area contributed by atoms with Crippen LogP contribution in [-0.4, -0.2) is 28.8 Å². The predicted octanol–water partition coefficient (Wildman–Crippen LogP) is 3.99. The zero-order chi connectivity index (χ0) is 18.1. The Bertz CT molecular complexity index is 862. The Morgan fingerprint density at radius 3 is 2.12 bits per heavy atom. The van der Waals surface area contributed by atoms with Crippen LogP contribution < -0.4 is 10.6 Å². The number of urea groups is 1. The van der Waals surface area contributed by atoms with Crippen LogP contribution in [0.15, 0.2) is 42.5 Å². The molecule has 0 aromatic heterocycles. The summed E-state index contributed by atoms with van der Waals surface area (Å²) < 4.78 is 0. The number of hydrogen-bond acceptors (Lipinski definition) is 3. The maximum Gasteiger partial charge on any atom is 0.323 e. The summed E-state index contributed by atoms with van der Waals surface area (Å²) in [7, 11) is 0. The second-order valence-electron chi connectivity index (χ2n) is 5.92. The number of hydrogen-bond donors (Lipinski definition) is 2. The van der Waals surface area contributed by atoms with E-state index in [0.717, 1.165) is 0 Å². The van der Waals surface area contributed by atoms with Gasteiger partial charge in [0.25, 0.3) is 11.8 Å². The summed E-state index contributed by atoms with van der Waals surface area (Å²) in [6, 6.07) is 10.6. The summed E-state index contributed by atoms with van der Waals surface area (Å²) in [6.45, 7) is 3.56. The molecule has 2 N–H and O–H groups in total. The number of fused-ring (bicyclic) bond motifs is 1. The maximum atomic E-state index is 12.4. The summed E-state index contributed by atoms with van der Waals surface area (Å²) in [5.74, 6) is -0.663. The second kappa shape index (κ2) is 6.57. The zero-order valence-corrected chi connectivity index (χ0v) is 14.4. The van der Waals surface area contributed by atoms with Crippen LogP contribution in [0.1, 0.15) is 34.6 Å². The van der Waals surface area contributed by atoms with Gasteiger partial charge in [-0.2, -0.15) is 0 Å². The van der Waals surface area contributed by atoms with E-state index in [4.69, 9.17) is 11.6 Å². The Morgan fingerprint density at radius 2 is 1.48 bits per heavy atom.